The summed E-state index contributed by atoms with van der Waals surface area (Å²) >= 11 is 6.14. The van der Waals surface area contributed by atoms with E-state index in [4.69, 9.17) is 11.6 Å². The van der Waals surface area contributed by atoms with Crippen LogP contribution in [0.3, 0.4) is 0 Å². The molecule has 6 heteroatoms. The molecule has 0 fully saturated rings. The lowest BCUT2D eigenvalue weighted by atomic mass is 9.97. The molecule has 29 heavy (non-hydrogen) atoms. The second-order valence-electron chi connectivity index (χ2n) is 7.38. The van der Waals surface area contributed by atoms with Crippen molar-refractivity contribution in [2.24, 2.45) is 0 Å². The first-order chi connectivity index (χ1) is 14.0. The van der Waals surface area contributed by atoms with E-state index in [1.54, 1.807) is 0 Å². The molecule has 5 nitrogen and oxygen atoms in total. The summed E-state index contributed by atoms with van der Waals surface area (Å²) in [4.78, 5) is 31.3. The summed E-state index contributed by atoms with van der Waals surface area (Å²) in [7, 11) is 0. The fourth-order valence-electron chi connectivity index (χ4n) is 3.73. The molecule has 1 atom stereocenters. The van der Waals surface area contributed by atoms with Crippen molar-refractivity contribution < 1.29 is 0 Å². The summed E-state index contributed by atoms with van der Waals surface area (Å²) in [6, 6.07) is 15.4. The van der Waals surface area contributed by atoms with Crippen molar-refractivity contribution in [3.05, 3.63) is 85.4 Å². The number of H-pyrrole nitrogens is 1. The van der Waals surface area contributed by atoms with Crippen LogP contribution in [0.15, 0.2) is 58.1 Å². The number of aryl methyl sites for hydroxylation is 2. The second kappa shape index (κ2) is 7.84. The average Bonchev–Trinajstić information content (AvgIpc) is 2.71. The molecule has 0 aliphatic carbocycles. The third-order valence-corrected chi connectivity index (χ3v) is 5.66. The average molecular weight is 408 g/mol. The van der Waals surface area contributed by atoms with Crippen LogP contribution in [0.2, 0.25) is 5.02 Å². The molecule has 2 aromatic carbocycles. The fraction of sp³-hybridized carbons (Fsp3) is 0.261. The summed E-state index contributed by atoms with van der Waals surface area (Å²) in [6.45, 7) is 4.88. The highest BCUT2D eigenvalue weighted by atomic mass is 35.5. The number of rotatable bonds is 5. The van der Waals surface area contributed by atoms with Crippen molar-refractivity contribution in [3.8, 4) is 11.4 Å². The lowest BCUT2D eigenvalue weighted by Crippen LogP contribution is -2.25. The van der Waals surface area contributed by atoms with Crippen LogP contribution in [0.5, 0.6) is 0 Å². The molecule has 0 saturated carbocycles. The van der Waals surface area contributed by atoms with E-state index in [9.17, 15) is 9.59 Å². The predicted octanol–water partition coefficient (Wildman–Crippen LogP) is 4.60. The van der Waals surface area contributed by atoms with Gasteiger partial charge in [-0.25, -0.2) is 4.98 Å². The van der Waals surface area contributed by atoms with Gasteiger partial charge < -0.3 is 4.57 Å². The number of hydrogen-bond donors (Lipinski definition) is 1. The molecule has 2 aliphatic rings. The number of benzene rings is 2. The minimum atomic E-state index is -0.451. The maximum Gasteiger partial charge on any atom is 0.278 e. The van der Waals surface area contributed by atoms with E-state index in [0.717, 1.165) is 40.0 Å². The molecular formula is C23H22ClN3O2. The van der Waals surface area contributed by atoms with E-state index < -0.39 is 11.1 Å². The van der Waals surface area contributed by atoms with Gasteiger partial charge in [0.2, 0.25) is 0 Å². The number of nitrogens with one attached hydrogen (secondary N) is 1. The first-order valence-electron chi connectivity index (χ1n) is 9.78. The SMILES string of the molecule is CCc1ccc2c(c1)nc1c(=O)[nH]c(=O)cc-1n2CCC(C)c1cccc(Cl)c1. The van der Waals surface area contributed by atoms with E-state index >= 15 is 0 Å². The van der Waals surface area contributed by atoms with Gasteiger partial charge >= 0.3 is 0 Å². The Bertz CT molecular complexity index is 1280. The minimum absolute atomic E-state index is 0.267. The zero-order chi connectivity index (χ0) is 20.5. The number of fused-ring (bicyclic) bond motifs is 2. The molecular weight excluding hydrogens is 386 g/mol. The van der Waals surface area contributed by atoms with Crippen LogP contribution in [0, 0.1) is 0 Å². The summed E-state index contributed by atoms with van der Waals surface area (Å²) in [5, 5.41) is 0.719. The Balaban J connectivity index is 1.82. The van der Waals surface area contributed by atoms with E-state index in [2.05, 4.69) is 35.9 Å². The summed E-state index contributed by atoms with van der Waals surface area (Å²) in [6.07, 6.45) is 1.72. The van der Waals surface area contributed by atoms with Crippen LogP contribution in [0.4, 0.5) is 0 Å². The molecule has 0 spiro atoms. The van der Waals surface area contributed by atoms with Crippen molar-refractivity contribution in [2.75, 3.05) is 0 Å². The fourth-order valence-corrected chi connectivity index (χ4v) is 3.93. The van der Waals surface area contributed by atoms with Gasteiger partial charge in [0.25, 0.3) is 11.1 Å². The second-order valence-corrected chi connectivity index (χ2v) is 7.82. The molecule has 148 valence electrons. The Labute approximate surface area is 173 Å². The van der Waals surface area contributed by atoms with Crippen molar-refractivity contribution in [2.45, 2.75) is 39.2 Å². The molecule has 0 saturated heterocycles. The summed E-state index contributed by atoms with van der Waals surface area (Å²) in [5.74, 6) is 0.267. The van der Waals surface area contributed by atoms with Gasteiger partial charge in [-0.15, -0.1) is 0 Å². The lowest BCUT2D eigenvalue weighted by molar-refractivity contribution is 0.587. The van der Waals surface area contributed by atoms with Crippen LogP contribution in [0.25, 0.3) is 22.4 Å². The van der Waals surface area contributed by atoms with Crippen LogP contribution in [-0.2, 0) is 13.0 Å². The van der Waals surface area contributed by atoms with E-state index in [1.165, 1.54) is 6.07 Å². The van der Waals surface area contributed by atoms with E-state index in [-0.39, 0.29) is 5.92 Å². The van der Waals surface area contributed by atoms with Crippen molar-refractivity contribution >= 4 is 22.6 Å². The number of hydrogen-bond acceptors (Lipinski definition) is 3. The lowest BCUT2D eigenvalue weighted by Gasteiger charge is -2.20. The zero-order valence-electron chi connectivity index (χ0n) is 16.4. The minimum Gasteiger partial charge on any atom is -0.338 e. The molecule has 0 aromatic heterocycles. The van der Waals surface area contributed by atoms with E-state index in [1.807, 2.05) is 34.9 Å². The predicted molar refractivity (Wildman–Crippen MR) is 117 cm³/mol. The molecule has 0 amide bonds. The van der Waals surface area contributed by atoms with Crippen LogP contribution in [-0.4, -0.2) is 14.5 Å². The van der Waals surface area contributed by atoms with E-state index in [0.29, 0.717) is 17.9 Å². The third-order valence-electron chi connectivity index (χ3n) is 5.43. The molecule has 0 bridgehead atoms. The number of aromatic nitrogens is 3. The van der Waals surface area contributed by atoms with Gasteiger partial charge in [0, 0.05) is 17.6 Å². The Morgan fingerprint density at radius 3 is 2.72 bits per heavy atom. The summed E-state index contributed by atoms with van der Waals surface area (Å²) < 4.78 is 2.04. The highest BCUT2D eigenvalue weighted by Gasteiger charge is 2.18. The number of pyridine rings is 1. The number of aromatic amines is 1. The smallest absolute Gasteiger partial charge is 0.278 e. The zero-order valence-corrected chi connectivity index (χ0v) is 17.2. The van der Waals surface area contributed by atoms with Crippen molar-refractivity contribution in [3.63, 3.8) is 0 Å². The molecule has 2 aliphatic heterocycles. The summed E-state index contributed by atoms with van der Waals surface area (Å²) in [5.41, 5.74) is 3.99. The standard InChI is InChI=1S/C23H22ClN3O2/c1-3-15-7-8-19-18(11-15)25-22-20(13-21(28)26-23(22)29)27(19)10-9-14(2)16-5-4-6-17(24)12-16/h4-8,11-14H,3,9-10H2,1-2H3,(H,26,28,29). The molecule has 1 unspecified atom stereocenters. The first-order valence-corrected chi connectivity index (χ1v) is 10.2. The van der Waals surface area contributed by atoms with Gasteiger partial charge in [-0.05, 0) is 54.2 Å². The number of nitrogens with zero attached hydrogens (tertiary/aromatic N) is 2. The van der Waals surface area contributed by atoms with Gasteiger partial charge in [-0.1, -0.05) is 43.6 Å². The third kappa shape index (κ3) is 3.83. The highest BCUT2D eigenvalue weighted by molar-refractivity contribution is 6.30. The van der Waals surface area contributed by atoms with Crippen LogP contribution in [0.1, 0.15) is 37.3 Å². The van der Waals surface area contributed by atoms with Crippen molar-refractivity contribution in [1.29, 1.82) is 0 Å². The van der Waals surface area contributed by atoms with Gasteiger partial charge in [0.05, 0.1) is 16.7 Å². The van der Waals surface area contributed by atoms with Gasteiger partial charge in [0.15, 0.2) is 5.69 Å². The van der Waals surface area contributed by atoms with Crippen LogP contribution >= 0.6 is 11.6 Å². The Morgan fingerprint density at radius 1 is 1.14 bits per heavy atom. The molecule has 2 heterocycles. The van der Waals surface area contributed by atoms with Gasteiger partial charge in [-0.2, -0.15) is 0 Å². The Kier molecular flexibility index (Phi) is 5.24. The maximum absolute atomic E-state index is 12.4. The monoisotopic (exact) mass is 407 g/mol. The molecule has 1 N–H and O–H groups in total. The van der Waals surface area contributed by atoms with Gasteiger partial charge in [-0.3, -0.25) is 14.6 Å². The highest BCUT2D eigenvalue weighted by Crippen LogP contribution is 2.27. The van der Waals surface area contributed by atoms with Crippen LogP contribution < -0.4 is 11.1 Å². The van der Waals surface area contributed by atoms with Crippen molar-refractivity contribution in [1.82, 2.24) is 14.5 Å². The maximum atomic E-state index is 12.4. The molecule has 0 radical (unpaired) electrons. The Hall–Kier alpha value is -2.92. The Morgan fingerprint density at radius 2 is 1.97 bits per heavy atom. The topological polar surface area (TPSA) is 67.8 Å². The molecule has 4 rings (SSSR count). The quantitative estimate of drug-likeness (QED) is 0.491. The normalized spacial score (nSPS) is 12.5. The molecule has 2 aromatic rings. The number of halogens is 1. The van der Waals surface area contributed by atoms with Gasteiger partial charge in [0.1, 0.15) is 0 Å². The largest absolute Gasteiger partial charge is 0.338 e. The first kappa shape index (κ1) is 19.4.